The van der Waals surface area contributed by atoms with Crippen LogP contribution in [0.4, 0.5) is 5.95 Å². The second-order valence-electron chi connectivity index (χ2n) is 4.82. The van der Waals surface area contributed by atoms with Gasteiger partial charge < -0.3 is 14.2 Å². The number of rotatable bonds is 7. The topological polar surface area (TPSA) is 99.6 Å². The van der Waals surface area contributed by atoms with E-state index in [-0.39, 0.29) is 17.7 Å². The van der Waals surface area contributed by atoms with Gasteiger partial charge in [0.25, 0.3) is 5.91 Å². The van der Waals surface area contributed by atoms with Crippen molar-refractivity contribution in [2.24, 2.45) is 0 Å². The summed E-state index contributed by atoms with van der Waals surface area (Å²) in [6.07, 6.45) is 2.76. The molecule has 0 fully saturated rings. The van der Waals surface area contributed by atoms with E-state index in [9.17, 15) is 9.59 Å². The molecule has 0 aliphatic carbocycles. The lowest BCUT2D eigenvalue weighted by atomic mass is 10.2. The summed E-state index contributed by atoms with van der Waals surface area (Å²) in [5, 5.41) is 2.98. The third kappa shape index (κ3) is 6.06. The number of nitrogens with zero attached hydrogens (tertiary/aromatic N) is 2. The molecule has 0 saturated heterocycles. The minimum absolute atomic E-state index is 0.0287. The molecule has 1 N–H and O–H groups in total. The maximum atomic E-state index is 11.8. The summed E-state index contributed by atoms with van der Waals surface area (Å²) >= 11 is 5.78. The average molecular weight is 378 g/mol. The fourth-order valence-electron chi connectivity index (χ4n) is 1.75. The van der Waals surface area contributed by atoms with Crippen LogP contribution in [0.25, 0.3) is 6.08 Å². The molecule has 0 saturated carbocycles. The Kier molecular flexibility index (Phi) is 6.92. The molecule has 0 atom stereocenters. The molecule has 0 aliphatic heterocycles. The molecule has 1 aromatic heterocycles. The lowest BCUT2D eigenvalue weighted by Crippen LogP contribution is -2.21. The van der Waals surface area contributed by atoms with Crippen molar-refractivity contribution in [3.05, 3.63) is 47.0 Å². The Bertz CT molecular complexity index is 786. The molecule has 1 aromatic carbocycles. The Labute approximate surface area is 154 Å². The summed E-state index contributed by atoms with van der Waals surface area (Å²) in [5.41, 5.74) is 0.771. The fraction of sp³-hybridized carbons (Fsp3) is 0.176. The number of hydrogen-bond donors (Lipinski definition) is 1. The summed E-state index contributed by atoms with van der Waals surface area (Å²) in [6.45, 7) is -0.493. The second-order valence-corrected chi connectivity index (χ2v) is 5.25. The number of ether oxygens (including phenoxy) is 3. The normalized spacial score (nSPS) is 10.4. The van der Waals surface area contributed by atoms with Gasteiger partial charge in [0.15, 0.2) is 6.61 Å². The predicted molar refractivity (Wildman–Crippen MR) is 95.2 cm³/mol. The number of halogens is 1. The van der Waals surface area contributed by atoms with Gasteiger partial charge in [-0.3, -0.25) is 10.1 Å². The van der Waals surface area contributed by atoms with Gasteiger partial charge in [0.05, 0.1) is 20.3 Å². The highest BCUT2D eigenvalue weighted by atomic mass is 35.5. The van der Waals surface area contributed by atoms with Crippen LogP contribution in [0.5, 0.6) is 11.8 Å². The first kappa shape index (κ1) is 19.2. The van der Waals surface area contributed by atoms with E-state index < -0.39 is 18.5 Å². The SMILES string of the molecule is COc1cc(OC)nc(NC(=O)COC(=O)/C=C/c2ccc(Cl)cc2)n1. The van der Waals surface area contributed by atoms with Crippen LogP contribution >= 0.6 is 11.6 Å². The molecule has 136 valence electrons. The molecule has 0 unspecified atom stereocenters. The molecule has 0 spiro atoms. The van der Waals surface area contributed by atoms with Gasteiger partial charge in [-0.25, -0.2) is 4.79 Å². The Balaban J connectivity index is 1.86. The molecule has 1 heterocycles. The van der Waals surface area contributed by atoms with Crippen molar-refractivity contribution in [1.29, 1.82) is 0 Å². The van der Waals surface area contributed by atoms with Crippen molar-refractivity contribution < 1.29 is 23.8 Å². The molecule has 26 heavy (non-hydrogen) atoms. The Morgan fingerprint density at radius 1 is 1.12 bits per heavy atom. The van der Waals surface area contributed by atoms with Gasteiger partial charge in [-0.1, -0.05) is 23.7 Å². The van der Waals surface area contributed by atoms with E-state index in [4.69, 9.17) is 25.8 Å². The third-order valence-corrected chi connectivity index (χ3v) is 3.23. The highest BCUT2D eigenvalue weighted by Crippen LogP contribution is 2.17. The number of hydrogen-bond acceptors (Lipinski definition) is 7. The maximum absolute atomic E-state index is 11.8. The first-order chi connectivity index (χ1) is 12.5. The van der Waals surface area contributed by atoms with Crippen molar-refractivity contribution in [1.82, 2.24) is 9.97 Å². The maximum Gasteiger partial charge on any atom is 0.331 e. The molecule has 1 amide bonds. The van der Waals surface area contributed by atoms with Crippen LogP contribution in [0.1, 0.15) is 5.56 Å². The van der Waals surface area contributed by atoms with Gasteiger partial charge in [-0.2, -0.15) is 9.97 Å². The van der Waals surface area contributed by atoms with Crippen LogP contribution in [0, 0.1) is 0 Å². The van der Waals surface area contributed by atoms with Crippen molar-refractivity contribution in [3.63, 3.8) is 0 Å². The number of methoxy groups -OCH3 is 2. The number of carbonyl (C=O) groups is 2. The molecule has 8 nitrogen and oxygen atoms in total. The van der Waals surface area contributed by atoms with Crippen molar-refractivity contribution in [2.45, 2.75) is 0 Å². The standard InChI is InChI=1S/C17H16ClN3O5/c1-24-14-9-15(25-2)21-17(20-14)19-13(22)10-26-16(23)8-5-11-3-6-12(18)7-4-11/h3-9H,10H2,1-2H3,(H,19,20,21,22)/b8-5+. The minimum Gasteiger partial charge on any atom is -0.481 e. The number of aromatic nitrogens is 2. The van der Waals surface area contributed by atoms with Gasteiger partial charge in [-0.05, 0) is 23.8 Å². The Hall–Kier alpha value is -3.13. The van der Waals surface area contributed by atoms with E-state index in [2.05, 4.69) is 15.3 Å². The molecular formula is C17H16ClN3O5. The number of anilines is 1. The number of benzene rings is 1. The van der Waals surface area contributed by atoms with Gasteiger partial charge >= 0.3 is 5.97 Å². The van der Waals surface area contributed by atoms with Gasteiger partial charge in [0.1, 0.15) is 0 Å². The van der Waals surface area contributed by atoms with E-state index >= 15 is 0 Å². The summed E-state index contributed by atoms with van der Waals surface area (Å²) in [7, 11) is 2.84. The molecule has 2 rings (SSSR count). The van der Waals surface area contributed by atoms with E-state index in [0.29, 0.717) is 5.02 Å². The zero-order valence-electron chi connectivity index (χ0n) is 14.1. The summed E-state index contributed by atoms with van der Waals surface area (Å²) in [6, 6.07) is 8.33. The smallest absolute Gasteiger partial charge is 0.331 e. The lowest BCUT2D eigenvalue weighted by Gasteiger charge is -2.07. The van der Waals surface area contributed by atoms with Gasteiger partial charge in [-0.15, -0.1) is 0 Å². The van der Waals surface area contributed by atoms with Crippen molar-refractivity contribution >= 4 is 35.5 Å². The first-order valence-corrected chi connectivity index (χ1v) is 7.75. The fourth-order valence-corrected chi connectivity index (χ4v) is 1.88. The van der Waals surface area contributed by atoms with Crippen LogP contribution < -0.4 is 14.8 Å². The number of esters is 1. The predicted octanol–water partition coefficient (Wildman–Crippen LogP) is 2.34. The van der Waals surface area contributed by atoms with E-state index in [0.717, 1.165) is 5.56 Å². The van der Waals surface area contributed by atoms with Crippen molar-refractivity contribution in [3.8, 4) is 11.8 Å². The monoisotopic (exact) mass is 377 g/mol. The van der Waals surface area contributed by atoms with E-state index in [1.807, 2.05) is 0 Å². The number of amides is 1. The van der Waals surface area contributed by atoms with Gasteiger partial charge in [0, 0.05) is 11.1 Å². The molecule has 0 bridgehead atoms. The van der Waals surface area contributed by atoms with Crippen LogP contribution in [-0.2, 0) is 14.3 Å². The largest absolute Gasteiger partial charge is 0.481 e. The number of carbonyl (C=O) groups excluding carboxylic acids is 2. The van der Waals surface area contributed by atoms with Crippen LogP contribution in [0.2, 0.25) is 5.02 Å². The third-order valence-electron chi connectivity index (χ3n) is 2.98. The van der Waals surface area contributed by atoms with Crippen molar-refractivity contribution in [2.75, 3.05) is 26.1 Å². The molecule has 9 heteroatoms. The molecule has 0 radical (unpaired) electrons. The van der Waals surface area contributed by atoms with Crippen LogP contribution in [-0.4, -0.2) is 42.7 Å². The quantitative estimate of drug-likeness (QED) is 0.584. The summed E-state index contributed by atoms with van der Waals surface area (Å²) in [4.78, 5) is 31.4. The zero-order valence-corrected chi connectivity index (χ0v) is 14.8. The average Bonchev–Trinajstić information content (AvgIpc) is 2.65. The minimum atomic E-state index is -0.667. The zero-order chi connectivity index (χ0) is 18.9. The highest BCUT2D eigenvalue weighted by Gasteiger charge is 2.10. The van der Waals surface area contributed by atoms with E-state index in [1.54, 1.807) is 30.3 Å². The summed E-state index contributed by atoms with van der Waals surface area (Å²) < 4.78 is 14.8. The first-order valence-electron chi connectivity index (χ1n) is 7.37. The van der Waals surface area contributed by atoms with Crippen LogP contribution in [0.15, 0.2) is 36.4 Å². The van der Waals surface area contributed by atoms with Crippen LogP contribution in [0.3, 0.4) is 0 Å². The molecule has 2 aromatic rings. The van der Waals surface area contributed by atoms with Gasteiger partial charge in [0.2, 0.25) is 17.7 Å². The molecular weight excluding hydrogens is 362 g/mol. The second kappa shape index (κ2) is 9.38. The van der Waals surface area contributed by atoms with E-state index in [1.165, 1.54) is 26.4 Å². The lowest BCUT2D eigenvalue weighted by molar-refractivity contribution is -0.142. The Morgan fingerprint density at radius 2 is 1.73 bits per heavy atom. The Morgan fingerprint density at radius 3 is 2.31 bits per heavy atom. The highest BCUT2D eigenvalue weighted by molar-refractivity contribution is 6.30. The summed E-state index contributed by atoms with van der Waals surface area (Å²) in [5.74, 6) is -0.864. The molecule has 0 aliphatic rings. The number of nitrogens with one attached hydrogen (secondary N) is 1.